The predicted molar refractivity (Wildman–Crippen MR) is 104 cm³/mol. The van der Waals surface area contributed by atoms with Crippen LogP contribution in [0.25, 0.3) is 0 Å². The maximum absolute atomic E-state index is 12.7. The van der Waals surface area contributed by atoms with Gasteiger partial charge in [-0.2, -0.15) is 0 Å². The normalized spacial score (nSPS) is 21.6. The quantitative estimate of drug-likeness (QED) is 0.869. The molecular weight excluding hydrogens is 326 g/mol. The summed E-state index contributed by atoms with van der Waals surface area (Å²) in [6.45, 7) is 10.4. The van der Waals surface area contributed by atoms with Crippen molar-refractivity contribution < 1.29 is 9.90 Å². The number of likely N-dealkylation sites (tertiary alicyclic amines) is 2. The molecule has 1 atom stereocenters. The number of carbonyl (C=O) groups is 1. The fraction of sp³-hybridized carbons (Fsp3) is 0.667. The van der Waals surface area contributed by atoms with E-state index in [1.54, 1.807) is 0 Å². The smallest absolute Gasteiger partial charge is 0.317 e. The maximum Gasteiger partial charge on any atom is 0.317 e. The molecule has 1 aromatic carbocycles. The number of carbonyl (C=O) groups excluding carboxylic acids is 1. The van der Waals surface area contributed by atoms with Gasteiger partial charge in [0, 0.05) is 19.6 Å². The lowest BCUT2D eigenvalue weighted by Crippen LogP contribution is -2.53. The van der Waals surface area contributed by atoms with Crippen molar-refractivity contribution >= 4 is 6.03 Å². The Labute approximate surface area is 157 Å². The Morgan fingerprint density at radius 1 is 1.19 bits per heavy atom. The minimum atomic E-state index is -0.639. The minimum absolute atomic E-state index is 0.0205. The van der Waals surface area contributed by atoms with Crippen LogP contribution in [0.15, 0.2) is 18.2 Å². The van der Waals surface area contributed by atoms with Crippen molar-refractivity contribution in [2.75, 3.05) is 32.7 Å². The first-order valence-corrected chi connectivity index (χ1v) is 9.94. The summed E-state index contributed by atoms with van der Waals surface area (Å²) in [6.07, 6.45) is 3.80. The number of aryl methyl sites for hydroxylation is 2. The molecule has 2 aliphatic heterocycles. The number of aliphatic hydroxyl groups is 1. The number of β-amino-alcohol motifs (C(OH)–C–C–N with tert-alkyl or cyclic N) is 1. The zero-order valence-electron chi connectivity index (χ0n) is 16.4. The number of hydrogen-bond donors (Lipinski definition) is 2. The number of urea groups is 1. The van der Waals surface area contributed by atoms with Crippen LogP contribution in [0, 0.1) is 13.8 Å². The van der Waals surface area contributed by atoms with Crippen LogP contribution < -0.4 is 5.32 Å². The molecule has 2 saturated heterocycles. The molecular formula is C21H33N3O2. The Kier molecular flexibility index (Phi) is 5.88. The van der Waals surface area contributed by atoms with Crippen molar-refractivity contribution in [3.63, 3.8) is 0 Å². The molecule has 0 aliphatic carbocycles. The van der Waals surface area contributed by atoms with Crippen molar-refractivity contribution in [1.29, 1.82) is 0 Å². The van der Waals surface area contributed by atoms with Gasteiger partial charge in [-0.3, -0.25) is 0 Å². The summed E-state index contributed by atoms with van der Waals surface area (Å²) in [4.78, 5) is 16.9. The van der Waals surface area contributed by atoms with Crippen LogP contribution in [0.1, 0.15) is 55.3 Å². The molecule has 0 aromatic heterocycles. The maximum atomic E-state index is 12.7. The van der Waals surface area contributed by atoms with E-state index < -0.39 is 5.60 Å². The molecule has 3 rings (SSSR count). The number of amides is 2. The van der Waals surface area contributed by atoms with Crippen molar-refractivity contribution in [3.05, 3.63) is 34.9 Å². The molecule has 0 bridgehead atoms. The SMILES string of the molecule is Cc1ccc(C)c(C(C)NC(=O)N2CCC(O)(CN3CCCC3)CC2)c1. The highest BCUT2D eigenvalue weighted by Crippen LogP contribution is 2.26. The molecule has 26 heavy (non-hydrogen) atoms. The van der Waals surface area contributed by atoms with Crippen molar-refractivity contribution in [2.45, 2.75) is 58.1 Å². The average molecular weight is 360 g/mol. The van der Waals surface area contributed by atoms with E-state index in [4.69, 9.17) is 0 Å². The third-order valence-electron chi connectivity index (χ3n) is 5.94. The largest absolute Gasteiger partial charge is 0.388 e. The van der Waals surface area contributed by atoms with E-state index in [1.165, 1.54) is 29.5 Å². The number of hydrogen-bond acceptors (Lipinski definition) is 3. The van der Waals surface area contributed by atoms with Gasteiger partial charge in [0.25, 0.3) is 0 Å². The van der Waals surface area contributed by atoms with Gasteiger partial charge in [0.05, 0.1) is 11.6 Å². The van der Waals surface area contributed by atoms with Gasteiger partial charge >= 0.3 is 6.03 Å². The molecule has 2 N–H and O–H groups in total. The molecule has 5 nitrogen and oxygen atoms in total. The summed E-state index contributed by atoms with van der Waals surface area (Å²) < 4.78 is 0. The lowest BCUT2D eigenvalue weighted by Gasteiger charge is -2.40. The second-order valence-corrected chi connectivity index (χ2v) is 8.23. The predicted octanol–water partition coefficient (Wildman–Crippen LogP) is 3.00. The van der Waals surface area contributed by atoms with E-state index in [0.717, 1.165) is 19.6 Å². The van der Waals surface area contributed by atoms with Crippen LogP contribution in [-0.4, -0.2) is 59.3 Å². The van der Waals surface area contributed by atoms with Gasteiger partial charge in [0.1, 0.15) is 0 Å². The molecule has 1 unspecified atom stereocenters. The molecule has 0 saturated carbocycles. The third-order valence-corrected chi connectivity index (χ3v) is 5.94. The monoisotopic (exact) mass is 359 g/mol. The van der Waals surface area contributed by atoms with Gasteiger partial charge in [0.2, 0.25) is 0 Å². The van der Waals surface area contributed by atoms with Gasteiger partial charge in [-0.25, -0.2) is 4.79 Å². The van der Waals surface area contributed by atoms with Gasteiger partial charge in [0.15, 0.2) is 0 Å². The molecule has 2 aliphatic rings. The fourth-order valence-corrected chi connectivity index (χ4v) is 4.22. The third kappa shape index (κ3) is 4.57. The van der Waals surface area contributed by atoms with E-state index in [0.29, 0.717) is 25.9 Å². The van der Waals surface area contributed by atoms with Crippen molar-refractivity contribution in [1.82, 2.24) is 15.1 Å². The molecule has 0 spiro atoms. The molecule has 144 valence electrons. The second kappa shape index (κ2) is 7.97. The van der Waals surface area contributed by atoms with Gasteiger partial charge < -0.3 is 20.2 Å². The summed E-state index contributed by atoms with van der Waals surface area (Å²) in [7, 11) is 0. The topological polar surface area (TPSA) is 55.8 Å². The van der Waals surface area contributed by atoms with Gasteiger partial charge in [-0.15, -0.1) is 0 Å². The highest BCUT2D eigenvalue weighted by Gasteiger charge is 2.36. The van der Waals surface area contributed by atoms with E-state index in [9.17, 15) is 9.90 Å². The average Bonchev–Trinajstić information content (AvgIpc) is 3.09. The minimum Gasteiger partial charge on any atom is -0.388 e. The Balaban J connectivity index is 1.52. The summed E-state index contributed by atoms with van der Waals surface area (Å²) in [5.41, 5.74) is 2.93. The highest BCUT2D eigenvalue weighted by atomic mass is 16.3. The van der Waals surface area contributed by atoms with Crippen LogP contribution in [-0.2, 0) is 0 Å². The lowest BCUT2D eigenvalue weighted by molar-refractivity contribution is -0.0340. The van der Waals surface area contributed by atoms with E-state index >= 15 is 0 Å². The fourth-order valence-electron chi connectivity index (χ4n) is 4.22. The first-order chi connectivity index (χ1) is 12.4. The number of piperidine rings is 1. The zero-order chi connectivity index (χ0) is 18.7. The first-order valence-electron chi connectivity index (χ1n) is 9.94. The van der Waals surface area contributed by atoms with Crippen LogP contribution in [0.2, 0.25) is 0 Å². The molecule has 2 heterocycles. The van der Waals surface area contributed by atoms with Crippen molar-refractivity contribution in [3.8, 4) is 0 Å². The highest BCUT2D eigenvalue weighted by molar-refractivity contribution is 5.75. The number of nitrogens with zero attached hydrogens (tertiary/aromatic N) is 2. The summed E-state index contributed by atoms with van der Waals surface area (Å²) in [6, 6.07) is 6.30. The van der Waals surface area contributed by atoms with Gasteiger partial charge in [-0.05, 0) is 70.7 Å². The number of rotatable bonds is 4. The molecule has 2 fully saturated rings. The van der Waals surface area contributed by atoms with Crippen molar-refractivity contribution in [2.24, 2.45) is 0 Å². The van der Waals surface area contributed by atoms with E-state index in [2.05, 4.69) is 42.3 Å². The van der Waals surface area contributed by atoms with Gasteiger partial charge in [-0.1, -0.05) is 23.8 Å². The van der Waals surface area contributed by atoms with Crippen LogP contribution in [0.3, 0.4) is 0 Å². The zero-order valence-corrected chi connectivity index (χ0v) is 16.4. The van der Waals surface area contributed by atoms with Crippen LogP contribution in [0.4, 0.5) is 4.79 Å². The molecule has 0 radical (unpaired) electrons. The van der Waals surface area contributed by atoms with Crippen LogP contribution in [0.5, 0.6) is 0 Å². The summed E-state index contributed by atoms with van der Waals surface area (Å²) >= 11 is 0. The molecule has 1 aromatic rings. The van der Waals surface area contributed by atoms with Crippen LogP contribution >= 0.6 is 0 Å². The van der Waals surface area contributed by atoms with E-state index in [1.807, 2.05) is 11.8 Å². The standard InChI is InChI=1S/C21H33N3O2/c1-16-6-7-17(2)19(14-16)18(3)22-20(25)24-12-8-21(26,9-13-24)15-23-10-4-5-11-23/h6-7,14,18,26H,4-5,8-13,15H2,1-3H3,(H,22,25). The second-order valence-electron chi connectivity index (χ2n) is 8.23. The Morgan fingerprint density at radius 3 is 2.50 bits per heavy atom. The summed E-state index contributed by atoms with van der Waals surface area (Å²) in [5, 5.41) is 14.0. The summed E-state index contributed by atoms with van der Waals surface area (Å²) in [5.74, 6) is 0. The molecule has 2 amide bonds. The Bertz CT molecular complexity index is 632. The number of benzene rings is 1. The Hall–Kier alpha value is -1.59. The molecule has 5 heteroatoms. The first kappa shape index (κ1) is 19.2. The van der Waals surface area contributed by atoms with E-state index in [-0.39, 0.29) is 12.1 Å². The Morgan fingerprint density at radius 2 is 1.85 bits per heavy atom. The lowest BCUT2D eigenvalue weighted by atomic mass is 9.91. The number of nitrogens with one attached hydrogen (secondary N) is 1.